The SMILES string of the molecule is CCCc1nc([C@@H]2CN(C(=O)CCn3cc(C)cn3)CCO2)n[nH]1. The van der Waals surface area contributed by atoms with Gasteiger partial charge in [0.25, 0.3) is 0 Å². The predicted molar refractivity (Wildman–Crippen MR) is 87.2 cm³/mol. The van der Waals surface area contributed by atoms with Gasteiger partial charge in [0.1, 0.15) is 11.9 Å². The summed E-state index contributed by atoms with van der Waals surface area (Å²) in [7, 11) is 0. The molecule has 1 amide bonds. The lowest BCUT2D eigenvalue weighted by atomic mass is 10.2. The van der Waals surface area contributed by atoms with Gasteiger partial charge in [-0.1, -0.05) is 6.92 Å². The maximum atomic E-state index is 12.4. The second-order valence-corrected chi connectivity index (χ2v) is 6.12. The molecule has 0 aromatic carbocycles. The molecule has 2 aromatic heterocycles. The molecule has 1 aliphatic heterocycles. The monoisotopic (exact) mass is 332 g/mol. The maximum absolute atomic E-state index is 12.4. The number of aryl methyl sites for hydroxylation is 3. The molecule has 0 unspecified atom stereocenters. The first-order valence-electron chi connectivity index (χ1n) is 8.45. The number of carbonyl (C=O) groups is 1. The Hall–Kier alpha value is -2.22. The van der Waals surface area contributed by atoms with E-state index in [9.17, 15) is 4.79 Å². The lowest BCUT2D eigenvalue weighted by Crippen LogP contribution is -2.42. The van der Waals surface area contributed by atoms with Crippen molar-refractivity contribution in [2.45, 2.75) is 45.8 Å². The van der Waals surface area contributed by atoms with Crippen LogP contribution in [-0.4, -0.2) is 55.5 Å². The number of hydrogen-bond donors (Lipinski definition) is 1. The number of nitrogens with zero attached hydrogens (tertiary/aromatic N) is 5. The third-order valence-corrected chi connectivity index (χ3v) is 4.06. The fraction of sp³-hybridized carbons (Fsp3) is 0.625. The Bertz CT molecular complexity index is 680. The smallest absolute Gasteiger partial charge is 0.224 e. The van der Waals surface area contributed by atoms with Crippen LogP contribution in [0.2, 0.25) is 0 Å². The Morgan fingerprint density at radius 3 is 3.12 bits per heavy atom. The highest BCUT2D eigenvalue weighted by Gasteiger charge is 2.27. The Morgan fingerprint density at radius 2 is 2.38 bits per heavy atom. The average Bonchev–Trinajstić information content (AvgIpc) is 3.22. The summed E-state index contributed by atoms with van der Waals surface area (Å²) in [5.41, 5.74) is 1.10. The molecule has 8 heteroatoms. The number of aromatic nitrogens is 5. The van der Waals surface area contributed by atoms with E-state index in [2.05, 4.69) is 27.2 Å². The Morgan fingerprint density at radius 1 is 1.50 bits per heavy atom. The van der Waals surface area contributed by atoms with E-state index in [1.807, 2.05) is 18.0 Å². The molecule has 1 atom stereocenters. The number of ether oxygens (including phenoxy) is 1. The molecule has 0 aliphatic carbocycles. The molecule has 8 nitrogen and oxygen atoms in total. The van der Waals surface area contributed by atoms with Gasteiger partial charge in [-0.05, 0) is 18.9 Å². The minimum absolute atomic E-state index is 0.112. The first-order chi connectivity index (χ1) is 11.7. The summed E-state index contributed by atoms with van der Waals surface area (Å²) >= 11 is 0. The highest BCUT2D eigenvalue weighted by atomic mass is 16.5. The fourth-order valence-electron chi connectivity index (χ4n) is 2.79. The predicted octanol–water partition coefficient (Wildman–Crippen LogP) is 1.25. The van der Waals surface area contributed by atoms with Crippen molar-refractivity contribution < 1.29 is 9.53 Å². The molecule has 1 N–H and O–H groups in total. The minimum Gasteiger partial charge on any atom is -0.366 e. The van der Waals surface area contributed by atoms with E-state index in [4.69, 9.17) is 4.74 Å². The lowest BCUT2D eigenvalue weighted by Gasteiger charge is -2.31. The summed E-state index contributed by atoms with van der Waals surface area (Å²) in [6, 6.07) is 0. The van der Waals surface area contributed by atoms with Gasteiger partial charge < -0.3 is 9.64 Å². The molecule has 1 fully saturated rings. The average molecular weight is 332 g/mol. The molecular formula is C16H24N6O2. The number of nitrogens with one attached hydrogen (secondary N) is 1. The van der Waals surface area contributed by atoms with Crippen molar-refractivity contribution >= 4 is 5.91 Å². The van der Waals surface area contributed by atoms with E-state index in [0.29, 0.717) is 38.5 Å². The molecule has 1 saturated heterocycles. The molecule has 0 saturated carbocycles. The molecule has 0 bridgehead atoms. The Balaban J connectivity index is 1.54. The van der Waals surface area contributed by atoms with Gasteiger partial charge in [-0.2, -0.15) is 10.2 Å². The van der Waals surface area contributed by atoms with Gasteiger partial charge in [0.05, 0.1) is 19.3 Å². The van der Waals surface area contributed by atoms with E-state index in [1.54, 1.807) is 10.9 Å². The number of H-pyrrole nitrogens is 1. The van der Waals surface area contributed by atoms with Crippen LogP contribution in [0, 0.1) is 6.92 Å². The second kappa shape index (κ2) is 7.57. The molecule has 130 valence electrons. The first kappa shape index (κ1) is 16.6. The topological polar surface area (TPSA) is 88.9 Å². The van der Waals surface area contributed by atoms with Crippen molar-refractivity contribution in [1.29, 1.82) is 0 Å². The largest absolute Gasteiger partial charge is 0.366 e. The van der Waals surface area contributed by atoms with Crippen LogP contribution < -0.4 is 0 Å². The Labute approximate surface area is 141 Å². The third-order valence-electron chi connectivity index (χ3n) is 4.06. The van der Waals surface area contributed by atoms with E-state index >= 15 is 0 Å². The quantitative estimate of drug-likeness (QED) is 0.860. The molecule has 24 heavy (non-hydrogen) atoms. The highest BCUT2D eigenvalue weighted by Crippen LogP contribution is 2.20. The number of hydrogen-bond acceptors (Lipinski definition) is 5. The standard InChI is InChI=1S/C16H24N6O2/c1-3-4-14-18-16(20-19-14)13-11-21(7-8-24-13)15(23)5-6-22-10-12(2)9-17-22/h9-10,13H,3-8,11H2,1-2H3,(H,18,19,20)/t13-/m0/s1. The van der Waals surface area contributed by atoms with Crippen molar-refractivity contribution in [2.75, 3.05) is 19.7 Å². The molecule has 3 heterocycles. The van der Waals surface area contributed by atoms with Crippen molar-refractivity contribution in [3.8, 4) is 0 Å². The number of amides is 1. The lowest BCUT2D eigenvalue weighted by molar-refractivity contribution is -0.139. The molecular weight excluding hydrogens is 308 g/mol. The fourth-order valence-corrected chi connectivity index (χ4v) is 2.79. The van der Waals surface area contributed by atoms with Gasteiger partial charge in [0.2, 0.25) is 5.91 Å². The zero-order chi connectivity index (χ0) is 16.9. The number of carbonyl (C=O) groups excluding carboxylic acids is 1. The molecule has 1 aliphatic rings. The molecule has 0 radical (unpaired) electrons. The van der Waals surface area contributed by atoms with Gasteiger partial charge in [-0.25, -0.2) is 4.98 Å². The summed E-state index contributed by atoms with van der Waals surface area (Å²) in [4.78, 5) is 18.7. The number of aromatic amines is 1. The van der Waals surface area contributed by atoms with Crippen LogP contribution in [-0.2, 0) is 22.5 Å². The van der Waals surface area contributed by atoms with Crippen LogP contribution in [0.4, 0.5) is 0 Å². The van der Waals surface area contributed by atoms with Crippen molar-refractivity contribution in [2.24, 2.45) is 0 Å². The highest BCUT2D eigenvalue weighted by molar-refractivity contribution is 5.76. The minimum atomic E-state index is -0.253. The number of rotatable bonds is 6. The summed E-state index contributed by atoms with van der Waals surface area (Å²) in [6.07, 6.45) is 5.80. The van der Waals surface area contributed by atoms with Crippen LogP contribution in [0.1, 0.15) is 43.1 Å². The second-order valence-electron chi connectivity index (χ2n) is 6.12. The summed E-state index contributed by atoms with van der Waals surface area (Å²) < 4.78 is 7.55. The maximum Gasteiger partial charge on any atom is 0.224 e. The van der Waals surface area contributed by atoms with Crippen LogP contribution in [0.3, 0.4) is 0 Å². The van der Waals surface area contributed by atoms with E-state index < -0.39 is 0 Å². The van der Waals surface area contributed by atoms with Crippen molar-refractivity contribution in [1.82, 2.24) is 29.9 Å². The summed E-state index contributed by atoms with van der Waals surface area (Å²) in [6.45, 7) is 6.30. The van der Waals surface area contributed by atoms with Crippen LogP contribution in [0.25, 0.3) is 0 Å². The molecule has 3 rings (SSSR count). The van der Waals surface area contributed by atoms with Gasteiger partial charge >= 0.3 is 0 Å². The zero-order valence-electron chi connectivity index (χ0n) is 14.2. The zero-order valence-corrected chi connectivity index (χ0v) is 14.2. The number of morpholine rings is 1. The molecule has 0 spiro atoms. The van der Waals surface area contributed by atoms with Gasteiger partial charge in [-0.3, -0.25) is 14.6 Å². The van der Waals surface area contributed by atoms with Crippen molar-refractivity contribution in [3.05, 3.63) is 29.6 Å². The molecule has 2 aromatic rings. The van der Waals surface area contributed by atoms with E-state index in [0.717, 1.165) is 24.2 Å². The van der Waals surface area contributed by atoms with E-state index in [-0.39, 0.29) is 12.0 Å². The van der Waals surface area contributed by atoms with Gasteiger partial charge in [0, 0.05) is 32.1 Å². The summed E-state index contributed by atoms with van der Waals surface area (Å²) in [5.74, 6) is 1.62. The van der Waals surface area contributed by atoms with E-state index in [1.165, 1.54) is 0 Å². The normalized spacial score (nSPS) is 18.1. The summed E-state index contributed by atoms with van der Waals surface area (Å²) in [5, 5.41) is 11.4. The van der Waals surface area contributed by atoms with Crippen LogP contribution >= 0.6 is 0 Å². The first-order valence-corrected chi connectivity index (χ1v) is 8.45. The van der Waals surface area contributed by atoms with Crippen LogP contribution in [0.15, 0.2) is 12.4 Å². The van der Waals surface area contributed by atoms with Crippen LogP contribution in [0.5, 0.6) is 0 Å². The van der Waals surface area contributed by atoms with Gasteiger partial charge in [0.15, 0.2) is 5.82 Å². The van der Waals surface area contributed by atoms with Gasteiger partial charge in [-0.15, -0.1) is 0 Å². The third kappa shape index (κ3) is 4.00. The Kier molecular flexibility index (Phi) is 5.24. The van der Waals surface area contributed by atoms with Crippen molar-refractivity contribution in [3.63, 3.8) is 0 Å².